The van der Waals surface area contributed by atoms with Crippen molar-refractivity contribution >= 4 is 34.2 Å². The molecule has 32 heavy (non-hydrogen) atoms. The molecule has 2 amide bonds. The predicted octanol–water partition coefficient (Wildman–Crippen LogP) is 5.79. The molecule has 3 aromatic carbocycles. The van der Waals surface area contributed by atoms with E-state index in [0.29, 0.717) is 28.8 Å². The SMILES string of the molecule is COc1ccc(C(CNC(=O)Nc2ccc(Cl)cc2)c2c[nH]c3ccccc23)cc1OC. The van der Waals surface area contributed by atoms with E-state index in [-0.39, 0.29) is 11.9 Å². The molecule has 1 aromatic heterocycles. The fourth-order valence-corrected chi connectivity index (χ4v) is 3.89. The maximum Gasteiger partial charge on any atom is 0.319 e. The van der Waals surface area contributed by atoms with Gasteiger partial charge in [-0.05, 0) is 53.6 Å². The Balaban J connectivity index is 1.62. The van der Waals surface area contributed by atoms with E-state index in [1.807, 2.05) is 42.6 Å². The van der Waals surface area contributed by atoms with Crippen molar-refractivity contribution in [3.05, 3.63) is 89.1 Å². The molecule has 3 N–H and O–H groups in total. The van der Waals surface area contributed by atoms with E-state index >= 15 is 0 Å². The van der Waals surface area contributed by atoms with E-state index < -0.39 is 0 Å². The maximum atomic E-state index is 12.6. The highest BCUT2D eigenvalue weighted by Gasteiger charge is 2.21. The van der Waals surface area contributed by atoms with Crippen LogP contribution in [0.3, 0.4) is 0 Å². The molecule has 0 fully saturated rings. The Labute approximate surface area is 191 Å². The number of nitrogens with one attached hydrogen (secondary N) is 3. The quantitative estimate of drug-likeness (QED) is 0.334. The van der Waals surface area contributed by atoms with Crippen molar-refractivity contribution in [2.45, 2.75) is 5.92 Å². The van der Waals surface area contributed by atoms with Gasteiger partial charge >= 0.3 is 6.03 Å². The molecule has 0 saturated heterocycles. The summed E-state index contributed by atoms with van der Waals surface area (Å²) in [5, 5.41) is 7.55. The van der Waals surface area contributed by atoms with Gasteiger partial charge in [-0.1, -0.05) is 35.9 Å². The summed E-state index contributed by atoms with van der Waals surface area (Å²) in [6.07, 6.45) is 1.99. The van der Waals surface area contributed by atoms with Gasteiger partial charge in [0.15, 0.2) is 11.5 Å². The van der Waals surface area contributed by atoms with Crippen LogP contribution < -0.4 is 20.1 Å². The number of ether oxygens (including phenoxy) is 2. The second kappa shape index (κ2) is 9.66. The number of halogens is 1. The average molecular weight is 450 g/mol. The minimum absolute atomic E-state index is 0.109. The fraction of sp³-hybridized carbons (Fsp3) is 0.160. The van der Waals surface area contributed by atoms with Gasteiger partial charge < -0.3 is 25.1 Å². The number of carbonyl (C=O) groups excluding carboxylic acids is 1. The number of hydrogen-bond donors (Lipinski definition) is 3. The third kappa shape index (κ3) is 4.65. The van der Waals surface area contributed by atoms with E-state index in [4.69, 9.17) is 21.1 Å². The molecule has 7 heteroatoms. The number of rotatable bonds is 7. The molecule has 4 rings (SSSR count). The van der Waals surface area contributed by atoms with Crippen molar-refractivity contribution < 1.29 is 14.3 Å². The number of fused-ring (bicyclic) bond motifs is 1. The lowest BCUT2D eigenvalue weighted by atomic mass is 9.90. The van der Waals surface area contributed by atoms with Crippen LogP contribution in [0.4, 0.5) is 10.5 Å². The molecule has 0 aliphatic rings. The predicted molar refractivity (Wildman–Crippen MR) is 128 cm³/mol. The highest BCUT2D eigenvalue weighted by atomic mass is 35.5. The van der Waals surface area contributed by atoms with Crippen molar-refractivity contribution in [3.8, 4) is 11.5 Å². The van der Waals surface area contributed by atoms with Gasteiger partial charge in [-0.15, -0.1) is 0 Å². The molecule has 6 nitrogen and oxygen atoms in total. The topological polar surface area (TPSA) is 75.4 Å². The molecular formula is C25H24ClN3O3. The molecular weight excluding hydrogens is 426 g/mol. The summed E-state index contributed by atoms with van der Waals surface area (Å²) >= 11 is 5.92. The molecule has 1 atom stereocenters. The maximum absolute atomic E-state index is 12.6. The van der Waals surface area contributed by atoms with Crippen LogP contribution in [0.2, 0.25) is 5.02 Å². The van der Waals surface area contributed by atoms with Crippen LogP contribution in [0.5, 0.6) is 11.5 Å². The monoisotopic (exact) mass is 449 g/mol. The number of carbonyl (C=O) groups is 1. The van der Waals surface area contributed by atoms with E-state index in [1.165, 1.54) is 0 Å². The van der Waals surface area contributed by atoms with E-state index in [0.717, 1.165) is 22.0 Å². The normalized spacial score (nSPS) is 11.7. The van der Waals surface area contributed by atoms with Gasteiger partial charge in [0, 0.05) is 40.3 Å². The lowest BCUT2D eigenvalue weighted by molar-refractivity contribution is 0.252. The van der Waals surface area contributed by atoms with Crippen LogP contribution in [0.15, 0.2) is 72.9 Å². The molecule has 0 aliphatic heterocycles. The Kier molecular flexibility index (Phi) is 6.52. The number of benzene rings is 3. The zero-order valence-electron chi connectivity index (χ0n) is 17.8. The smallest absolute Gasteiger partial charge is 0.319 e. The molecule has 0 bridgehead atoms. The zero-order chi connectivity index (χ0) is 22.5. The zero-order valence-corrected chi connectivity index (χ0v) is 18.6. The van der Waals surface area contributed by atoms with Gasteiger partial charge in [0.05, 0.1) is 14.2 Å². The van der Waals surface area contributed by atoms with Gasteiger partial charge in [0.2, 0.25) is 0 Å². The molecule has 164 valence electrons. The highest BCUT2D eigenvalue weighted by Crippen LogP contribution is 2.35. The Bertz CT molecular complexity index is 1220. The van der Waals surface area contributed by atoms with Gasteiger partial charge in [0.25, 0.3) is 0 Å². The molecule has 0 radical (unpaired) electrons. The second-order valence-corrected chi connectivity index (χ2v) is 7.73. The Morgan fingerprint density at radius 2 is 1.75 bits per heavy atom. The van der Waals surface area contributed by atoms with Crippen molar-refractivity contribution in [2.24, 2.45) is 0 Å². The number of aromatic nitrogens is 1. The summed E-state index contributed by atoms with van der Waals surface area (Å²) in [6, 6.07) is 20.6. The number of anilines is 1. The minimum atomic E-state index is -0.294. The summed E-state index contributed by atoms with van der Waals surface area (Å²) in [6.45, 7) is 0.386. The number of methoxy groups -OCH3 is 2. The fourth-order valence-electron chi connectivity index (χ4n) is 3.76. The summed E-state index contributed by atoms with van der Waals surface area (Å²) in [4.78, 5) is 15.9. The molecule has 1 heterocycles. The Morgan fingerprint density at radius 1 is 1.00 bits per heavy atom. The second-order valence-electron chi connectivity index (χ2n) is 7.30. The van der Waals surface area contributed by atoms with Crippen LogP contribution in [-0.4, -0.2) is 31.8 Å². The Hall–Kier alpha value is -3.64. The third-order valence-corrected chi connectivity index (χ3v) is 5.63. The van der Waals surface area contributed by atoms with E-state index in [2.05, 4.69) is 21.7 Å². The van der Waals surface area contributed by atoms with Gasteiger partial charge in [0.1, 0.15) is 0 Å². The highest BCUT2D eigenvalue weighted by molar-refractivity contribution is 6.30. The molecule has 0 saturated carbocycles. The molecule has 0 spiro atoms. The van der Waals surface area contributed by atoms with Crippen LogP contribution in [0.1, 0.15) is 17.0 Å². The number of hydrogen-bond acceptors (Lipinski definition) is 3. The van der Waals surface area contributed by atoms with E-state index in [1.54, 1.807) is 38.5 Å². The van der Waals surface area contributed by atoms with Crippen LogP contribution in [0, 0.1) is 0 Å². The van der Waals surface area contributed by atoms with Crippen LogP contribution in [-0.2, 0) is 0 Å². The van der Waals surface area contributed by atoms with Gasteiger partial charge in [-0.25, -0.2) is 4.79 Å². The lowest BCUT2D eigenvalue weighted by Crippen LogP contribution is -2.32. The number of para-hydroxylation sites is 1. The van der Waals surface area contributed by atoms with Gasteiger partial charge in [-0.2, -0.15) is 0 Å². The largest absolute Gasteiger partial charge is 0.493 e. The number of aromatic amines is 1. The first-order valence-corrected chi connectivity index (χ1v) is 10.5. The third-order valence-electron chi connectivity index (χ3n) is 5.38. The van der Waals surface area contributed by atoms with Crippen molar-refractivity contribution in [1.29, 1.82) is 0 Å². The van der Waals surface area contributed by atoms with E-state index in [9.17, 15) is 4.79 Å². The lowest BCUT2D eigenvalue weighted by Gasteiger charge is -2.20. The van der Waals surface area contributed by atoms with Crippen molar-refractivity contribution in [3.63, 3.8) is 0 Å². The number of H-pyrrole nitrogens is 1. The molecule has 4 aromatic rings. The summed E-state index contributed by atoms with van der Waals surface area (Å²) in [5.74, 6) is 1.18. The number of amides is 2. The Morgan fingerprint density at radius 3 is 2.50 bits per heavy atom. The first-order valence-electron chi connectivity index (χ1n) is 10.2. The van der Waals surface area contributed by atoms with Crippen LogP contribution >= 0.6 is 11.6 Å². The molecule has 1 unspecified atom stereocenters. The van der Waals surface area contributed by atoms with Gasteiger partial charge in [-0.3, -0.25) is 0 Å². The first-order chi connectivity index (χ1) is 15.6. The average Bonchev–Trinajstić information content (AvgIpc) is 3.24. The van der Waals surface area contributed by atoms with Crippen molar-refractivity contribution in [2.75, 3.05) is 26.1 Å². The summed E-state index contributed by atoms with van der Waals surface area (Å²) in [5.41, 5.74) is 3.79. The van der Waals surface area contributed by atoms with Crippen molar-refractivity contribution in [1.82, 2.24) is 10.3 Å². The van der Waals surface area contributed by atoms with Crippen LogP contribution in [0.25, 0.3) is 10.9 Å². The summed E-state index contributed by atoms with van der Waals surface area (Å²) < 4.78 is 10.9. The molecule has 0 aliphatic carbocycles. The minimum Gasteiger partial charge on any atom is -0.493 e. The number of urea groups is 1. The standard InChI is InChI=1S/C25H24ClN3O3/c1-31-23-12-7-16(13-24(23)32-2)20(21-15-27-22-6-4-3-5-19(21)22)14-28-25(30)29-18-10-8-17(26)9-11-18/h3-13,15,20,27H,14H2,1-2H3,(H2,28,29,30). The summed E-state index contributed by atoms with van der Waals surface area (Å²) in [7, 11) is 3.22. The first kappa shape index (κ1) is 21.6.